The molecule has 0 aliphatic carbocycles. The third-order valence-corrected chi connectivity index (χ3v) is 2.37. The molecule has 0 bridgehead atoms. The van der Waals surface area contributed by atoms with Gasteiger partial charge in [0.1, 0.15) is 12.0 Å². The predicted molar refractivity (Wildman–Crippen MR) is 46.9 cm³/mol. The highest BCUT2D eigenvalue weighted by atomic mass is 16.4. The van der Waals surface area contributed by atoms with Crippen molar-refractivity contribution in [3.05, 3.63) is 0 Å². The minimum Gasteiger partial charge on any atom is -0.481 e. The van der Waals surface area contributed by atoms with Crippen molar-refractivity contribution < 1.29 is 34.5 Å². The first-order valence-electron chi connectivity index (χ1n) is 4.32. The van der Waals surface area contributed by atoms with Crippen molar-refractivity contribution in [2.45, 2.75) is 12.5 Å². The lowest BCUT2D eigenvalue weighted by Gasteiger charge is -2.32. The van der Waals surface area contributed by atoms with Gasteiger partial charge in [-0.3, -0.25) is 14.5 Å². The van der Waals surface area contributed by atoms with Crippen molar-refractivity contribution in [1.82, 2.24) is 4.90 Å². The average molecular weight is 231 g/mol. The number of carboxylic acids is 2. The van der Waals surface area contributed by atoms with Crippen molar-refractivity contribution in [2.75, 3.05) is 6.54 Å². The van der Waals surface area contributed by atoms with E-state index in [1.165, 1.54) is 0 Å². The van der Waals surface area contributed by atoms with Crippen LogP contribution < -0.4 is 0 Å². The number of aliphatic carboxylic acids is 2. The number of carboxylic acid groups (broad SMARTS) is 3. The van der Waals surface area contributed by atoms with Gasteiger partial charge in [-0.15, -0.1) is 0 Å². The Kier molecular flexibility index (Phi) is 3.11. The molecule has 0 aromatic carbocycles. The molecule has 1 amide bonds. The second kappa shape index (κ2) is 4.17. The van der Waals surface area contributed by atoms with Crippen LogP contribution in [0.4, 0.5) is 4.79 Å². The number of rotatable bonds is 2. The van der Waals surface area contributed by atoms with Crippen LogP contribution in [0.15, 0.2) is 0 Å². The summed E-state index contributed by atoms with van der Waals surface area (Å²) in [6, 6.07) is -1.50. The maximum absolute atomic E-state index is 11.3. The Morgan fingerprint density at radius 1 is 1.12 bits per heavy atom. The number of carbonyl (C=O) groups is 4. The second-order valence-electron chi connectivity index (χ2n) is 3.35. The first-order chi connectivity index (χ1) is 7.34. The molecular formula is C8H9NO7. The van der Waals surface area contributed by atoms with Crippen molar-refractivity contribution in [1.29, 1.82) is 0 Å². The molecule has 8 nitrogen and oxygen atoms in total. The molecule has 2 unspecified atom stereocenters. The molecule has 88 valence electrons. The summed E-state index contributed by atoms with van der Waals surface area (Å²) in [5, 5.41) is 26.0. The first-order valence-corrected chi connectivity index (χ1v) is 4.32. The fourth-order valence-corrected chi connectivity index (χ4v) is 1.52. The zero-order valence-electron chi connectivity index (χ0n) is 7.99. The lowest BCUT2D eigenvalue weighted by Crippen LogP contribution is -2.55. The van der Waals surface area contributed by atoms with E-state index in [1.807, 2.05) is 0 Å². The minimum absolute atomic E-state index is 0.461. The van der Waals surface area contributed by atoms with Crippen molar-refractivity contribution >= 4 is 23.8 Å². The van der Waals surface area contributed by atoms with E-state index in [9.17, 15) is 19.2 Å². The van der Waals surface area contributed by atoms with Gasteiger partial charge < -0.3 is 15.3 Å². The number of nitrogens with zero attached hydrogens (tertiary/aromatic N) is 1. The van der Waals surface area contributed by atoms with Crippen LogP contribution in [0.5, 0.6) is 0 Å². The normalized spacial score (nSPS) is 25.2. The van der Waals surface area contributed by atoms with E-state index >= 15 is 0 Å². The van der Waals surface area contributed by atoms with E-state index in [0.29, 0.717) is 4.90 Å². The lowest BCUT2D eigenvalue weighted by molar-refractivity contribution is -0.155. The summed E-state index contributed by atoms with van der Waals surface area (Å²) >= 11 is 0. The Morgan fingerprint density at radius 3 is 2.06 bits per heavy atom. The van der Waals surface area contributed by atoms with Crippen LogP contribution in [0.1, 0.15) is 6.42 Å². The highest BCUT2D eigenvalue weighted by Crippen LogP contribution is 2.19. The number of amides is 1. The van der Waals surface area contributed by atoms with Crippen LogP contribution in [0.25, 0.3) is 0 Å². The highest BCUT2D eigenvalue weighted by molar-refractivity contribution is 6.02. The third kappa shape index (κ3) is 2.10. The molecule has 0 saturated carbocycles. The zero-order valence-corrected chi connectivity index (χ0v) is 7.99. The van der Waals surface area contributed by atoms with Crippen molar-refractivity contribution in [2.24, 2.45) is 5.92 Å². The summed E-state index contributed by atoms with van der Waals surface area (Å²) in [5.41, 5.74) is 0. The monoisotopic (exact) mass is 231 g/mol. The molecule has 1 heterocycles. The molecule has 1 saturated heterocycles. The largest absolute Gasteiger partial charge is 0.481 e. The molecular weight excluding hydrogens is 222 g/mol. The van der Waals surface area contributed by atoms with Gasteiger partial charge in [-0.2, -0.15) is 0 Å². The molecule has 1 fully saturated rings. The van der Waals surface area contributed by atoms with Gasteiger partial charge in [0.05, 0.1) is 0 Å². The van der Waals surface area contributed by atoms with E-state index < -0.39 is 48.7 Å². The Labute approximate surface area is 89.1 Å². The average Bonchev–Trinajstić information content (AvgIpc) is 2.15. The van der Waals surface area contributed by atoms with Gasteiger partial charge in [-0.05, 0) is 0 Å². The van der Waals surface area contributed by atoms with E-state index in [1.54, 1.807) is 0 Å². The summed E-state index contributed by atoms with van der Waals surface area (Å²) in [6.45, 7) is -0.625. The van der Waals surface area contributed by atoms with Gasteiger partial charge in [-0.1, -0.05) is 0 Å². The number of carbonyl (C=O) groups excluding carboxylic acids is 1. The van der Waals surface area contributed by atoms with Crippen LogP contribution in [0.2, 0.25) is 0 Å². The third-order valence-electron chi connectivity index (χ3n) is 2.37. The molecule has 0 radical (unpaired) electrons. The number of Topliss-reactive ketones (excluding diaryl/α,β-unsaturated/α-hetero) is 1. The van der Waals surface area contributed by atoms with Crippen LogP contribution in [0, 0.1) is 5.92 Å². The number of ketones is 1. The molecule has 3 N–H and O–H groups in total. The molecule has 1 aliphatic heterocycles. The minimum atomic E-state index is -1.55. The highest BCUT2D eigenvalue weighted by Gasteiger charge is 2.43. The van der Waals surface area contributed by atoms with E-state index in [2.05, 4.69) is 0 Å². The van der Waals surface area contributed by atoms with Crippen molar-refractivity contribution in [3.63, 3.8) is 0 Å². The Morgan fingerprint density at radius 2 is 1.69 bits per heavy atom. The van der Waals surface area contributed by atoms with E-state index in [0.717, 1.165) is 0 Å². The van der Waals surface area contributed by atoms with Crippen LogP contribution >= 0.6 is 0 Å². The summed E-state index contributed by atoms with van der Waals surface area (Å²) in [7, 11) is 0. The Bertz CT molecular complexity index is 363. The molecule has 1 rings (SSSR count). The predicted octanol–water partition coefficient (Wildman–Crippen LogP) is -0.907. The fraction of sp³-hybridized carbons (Fsp3) is 0.500. The van der Waals surface area contributed by atoms with Gasteiger partial charge in [0.15, 0.2) is 5.78 Å². The molecule has 1 aliphatic rings. The van der Waals surface area contributed by atoms with Crippen LogP contribution in [-0.2, 0) is 14.4 Å². The maximum atomic E-state index is 11.3. The SMILES string of the molecule is O=C(O)C1CN(C(=O)O)C(C(=O)O)CC1=O. The quantitative estimate of drug-likeness (QED) is 0.524. The lowest BCUT2D eigenvalue weighted by atomic mass is 9.92. The molecule has 8 heteroatoms. The number of hydrogen-bond donors (Lipinski definition) is 3. The van der Waals surface area contributed by atoms with Crippen LogP contribution in [-0.4, -0.2) is 56.6 Å². The number of hydrogen-bond acceptors (Lipinski definition) is 4. The summed E-state index contributed by atoms with van der Waals surface area (Å²) in [6.07, 6.45) is -2.16. The van der Waals surface area contributed by atoms with Gasteiger partial charge in [0.2, 0.25) is 0 Å². The summed E-state index contributed by atoms with van der Waals surface area (Å²) < 4.78 is 0. The zero-order chi connectivity index (χ0) is 12.5. The molecule has 0 aromatic rings. The Balaban J connectivity index is 2.95. The smallest absolute Gasteiger partial charge is 0.408 e. The van der Waals surface area contributed by atoms with Crippen LogP contribution in [0.3, 0.4) is 0 Å². The number of piperidine rings is 1. The maximum Gasteiger partial charge on any atom is 0.408 e. The van der Waals surface area contributed by atoms with E-state index in [-0.39, 0.29) is 0 Å². The van der Waals surface area contributed by atoms with Gasteiger partial charge >= 0.3 is 18.0 Å². The second-order valence-corrected chi connectivity index (χ2v) is 3.35. The summed E-state index contributed by atoms with van der Waals surface area (Å²) in [4.78, 5) is 43.7. The number of likely N-dealkylation sites (tertiary alicyclic amines) is 1. The first kappa shape index (κ1) is 12.0. The molecule has 0 aromatic heterocycles. The van der Waals surface area contributed by atoms with E-state index in [4.69, 9.17) is 15.3 Å². The van der Waals surface area contributed by atoms with Crippen molar-refractivity contribution in [3.8, 4) is 0 Å². The molecule has 0 spiro atoms. The van der Waals surface area contributed by atoms with Gasteiger partial charge in [0, 0.05) is 13.0 Å². The fourth-order valence-electron chi connectivity index (χ4n) is 1.52. The standard InChI is InChI=1S/C8H9NO7/c10-5-1-4(7(13)14)9(8(15)16)2-3(5)6(11)12/h3-4H,1-2H2,(H,11,12)(H,13,14)(H,15,16). The summed E-state index contributed by atoms with van der Waals surface area (Å²) in [5.74, 6) is -5.15. The topological polar surface area (TPSA) is 132 Å². The molecule has 2 atom stereocenters. The van der Waals surface area contributed by atoms with Gasteiger partial charge in [0.25, 0.3) is 0 Å². The van der Waals surface area contributed by atoms with Gasteiger partial charge in [-0.25, -0.2) is 9.59 Å². The Hall–Kier alpha value is -2.12. The molecule has 16 heavy (non-hydrogen) atoms.